The van der Waals surface area contributed by atoms with Crippen LogP contribution in [0.25, 0.3) is 21.7 Å². The van der Waals surface area contributed by atoms with Crippen LogP contribution in [0, 0.1) is 0 Å². The number of nitrogens with zero attached hydrogens (tertiary/aromatic N) is 5. The first-order valence-corrected chi connectivity index (χ1v) is 4.45. The van der Waals surface area contributed by atoms with Gasteiger partial charge in [0, 0.05) is 29.4 Å². The Bertz CT molecular complexity index is 522. The second kappa shape index (κ2) is 3.86. The molecule has 2 rings (SSSR count). The third-order valence-corrected chi connectivity index (χ3v) is 2.05. The molecule has 0 aliphatic carbocycles. The van der Waals surface area contributed by atoms with E-state index < -0.39 is 0 Å². The normalized spacial score (nSPS) is 9.67. The molecule has 0 unspecified atom stereocenters. The Balaban J connectivity index is 2.56. The summed E-state index contributed by atoms with van der Waals surface area (Å²) in [6.07, 6.45) is 1.85. The smallest absolute Gasteiger partial charge is 0.0927 e. The molecule has 15 heavy (non-hydrogen) atoms. The molecule has 0 saturated heterocycles. The van der Waals surface area contributed by atoms with E-state index in [9.17, 15) is 0 Å². The Morgan fingerprint density at radius 3 is 2.80 bits per heavy atom. The zero-order valence-corrected chi connectivity index (χ0v) is 8.20. The maximum Gasteiger partial charge on any atom is 0.0927 e. The van der Waals surface area contributed by atoms with Gasteiger partial charge in [0.2, 0.25) is 0 Å². The maximum atomic E-state index is 8.43. The molecule has 1 heterocycles. The van der Waals surface area contributed by atoms with Crippen molar-refractivity contribution in [2.24, 2.45) is 12.2 Å². The van der Waals surface area contributed by atoms with Crippen molar-refractivity contribution in [2.45, 2.75) is 0 Å². The van der Waals surface area contributed by atoms with E-state index >= 15 is 0 Å². The zero-order valence-electron chi connectivity index (χ0n) is 8.20. The van der Waals surface area contributed by atoms with Crippen molar-refractivity contribution in [3.8, 4) is 11.3 Å². The monoisotopic (exact) mass is 199 g/mol. The van der Waals surface area contributed by atoms with E-state index in [-0.39, 0.29) is 0 Å². The summed E-state index contributed by atoms with van der Waals surface area (Å²) in [6.45, 7) is 0. The lowest BCUT2D eigenvalue weighted by atomic mass is 10.1. The number of aryl methyl sites for hydroxylation is 1. The van der Waals surface area contributed by atoms with Gasteiger partial charge in [-0.3, -0.25) is 4.68 Å². The molecule has 0 saturated carbocycles. The fourth-order valence-electron chi connectivity index (χ4n) is 1.38. The predicted octanol–water partition coefficient (Wildman–Crippen LogP) is 3.03. The molecule has 0 bridgehead atoms. The van der Waals surface area contributed by atoms with E-state index in [1.165, 1.54) is 0 Å². The van der Waals surface area contributed by atoms with Crippen LogP contribution in [0.3, 0.4) is 0 Å². The van der Waals surface area contributed by atoms with Gasteiger partial charge < -0.3 is 0 Å². The summed E-state index contributed by atoms with van der Waals surface area (Å²) in [4.78, 5) is 2.79. The number of benzene rings is 1. The third kappa shape index (κ3) is 1.82. The van der Waals surface area contributed by atoms with E-state index in [4.69, 9.17) is 5.53 Å². The van der Waals surface area contributed by atoms with Crippen molar-refractivity contribution in [1.29, 1.82) is 0 Å². The highest BCUT2D eigenvalue weighted by atomic mass is 15.2. The van der Waals surface area contributed by atoms with Crippen LogP contribution in [0.4, 0.5) is 5.69 Å². The first-order valence-electron chi connectivity index (χ1n) is 4.45. The number of rotatable bonds is 2. The average molecular weight is 199 g/mol. The van der Waals surface area contributed by atoms with Crippen molar-refractivity contribution in [3.05, 3.63) is 47.0 Å². The number of azide groups is 1. The number of aromatic nitrogens is 2. The summed E-state index contributed by atoms with van der Waals surface area (Å²) in [6, 6.07) is 9.25. The van der Waals surface area contributed by atoms with E-state index in [1.54, 1.807) is 10.7 Å². The van der Waals surface area contributed by atoms with Gasteiger partial charge in [0.25, 0.3) is 0 Å². The van der Waals surface area contributed by atoms with Gasteiger partial charge in [0.1, 0.15) is 0 Å². The fourth-order valence-corrected chi connectivity index (χ4v) is 1.38. The van der Waals surface area contributed by atoms with Gasteiger partial charge in [-0.1, -0.05) is 29.4 Å². The summed E-state index contributed by atoms with van der Waals surface area (Å²) in [5, 5.41) is 7.88. The SMILES string of the molecule is Cn1ccc(-c2ccccc2N=[N+]=[N-])n1. The second-order valence-corrected chi connectivity index (χ2v) is 3.08. The van der Waals surface area contributed by atoms with Crippen LogP contribution < -0.4 is 0 Å². The molecule has 0 spiro atoms. The van der Waals surface area contributed by atoms with Crippen molar-refractivity contribution in [3.63, 3.8) is 0 Å². The summed E-state index contributed by atoms with van der Waals surface area (Å²) in [7, 11) is 1.85. The highest BCUT2D eigenvalue weighted by Crippen LogP contribution is 2.28. The fraction of sp³-hybridized carbons (Fsp3) is 0.100. The van der Waals surface area contributed by atoms with Crippen molar-refractivity contribution >= 4 is 5.69 Å². The Morgan fingerprint density at radius 1 is 1.33 bits per heavy atom. The molecule has 0 radical (unpaired) electrons. The van der Waals surface area contributed by atoms with Gasteiger partial charge in [-0.25, -0.2) is 0 Å². The minimum atomic E-state index is 0.596. The highest BCUT2D eigenvalue weighted by Gasteiger charge is 2.04. The van der Waals surface area contributed by atoms with Crippen LogP contribution in [0.15, 0.2) is 41.6 Å². The first kappa shape index (κ1) is 9.30. The maximum absolute atomic E-state index is 8.43. The van der Waals surface area contributed by atoms with E-state index in [0.717, 1.165) is 11.3 Å². The topological polar surface area (TPSA) is 66.6 Å². The van der Waals surface area contributed by atoms with Gasteiger partial charge >= 0.3 is 0 Å². The molecular formula is C10H9N5. The van der Waals surface area contributed by atoms with Crippen LogP contribution in [0.1, 0.15) is 0 Å². The Labute approximate surface area is 86.6 Å². The largest absolute Gasteiger partial charge is 0.275 e. The lowest BCUT2D eigenvalue weighted by Gasteiger charge is -2.00. The summed E-state index contributed by atoms with van der Waals surface area (Å²) in [5.41, 5.74) is 10.7. The number of hydrogen-bond acceptors (Lipinski definition) is 2. The molecule has 5 nitrogen and oxygen atoms in total. The molecular weight excluding hydrogens is 190 g/mol. The Morgan fingerprint density at radius 2 is 2.13 bits per heavy atom. The molecule has 0 aliphatic rings. The summed E-state index contributed by atoms with van der Waals surface area (Å²) >= 11 is 0. The quantitative estimate of drug-likeness (QED) is 0.416. The molecule has 0 amide bonds. The molecule has 5 heteroatoms. The van der Waals surface area contributed by atoms with Crippen LogP contribution in [-0.4, -0.2) is 9.78 Å². The van der Waals surface area contributed by atoms with Gasteiger partial charge in [0.15, 0.2) is 0 Å². The second-order valence-electron chi connectivity index (χ2n) is 3.08. The van der Waals surface area contributed by atoms with Crippen LogP contribution in [0.5, 0.6) is 0 Å². The first-order chi connectivity index (χ1) is 7.31. The van der Waals surface area contributed by atoms with Gasteiger partial charge in [-0.2, -0.15) is 5.10 Å². The van der Waals surface area contributed by atoms with Crippen molar-refractivity contribution in [2.75, 3.05) is 0 Å². The van der Waals surface area contributed by atoms with Gasteiger partial charge in [-0.15, -0.1) is 0 Å². The summed E-state index contributed by atoms with van der Waals surface area (Å²) in [5.74, 6) is 0. The zero-order chi connectivity index (χ0) is 10.7. The Kier molecular flexibility index (Phi) is 2.39. The van der Waals surface area contributed by atoms with E-state index in [2.05, 4.69) is 15.1 Å². The van der Waals surface area contributed by atoms with E-state index in [1.807, 2.05) is 37.5 Å². The lowest BCUT2D eigenvalue weighted by molar-refractivity contribution is 0.771. The molecule has 74 valence electrons. The molecule has 2 aromatic rings. The number of hydrogen-bond donors (Lipinski definition) is 0. The van der Waals surface area contributed by atoms with Crippen LogP contribution in [0.2, 0.25) is 0 Å². The van der Waals surface area contributed by atoms with Crippen LogP contribution >= 0.6 is 0 Å². The molecule has 1 aromatic heterocycles. The molecule has 0 atom stereocenters. The molecule has 0 N–H and O–H groups in total. The average Bonchev–Trinajstić information content (AvgIpc) is 2.66. The minimum Gasteiger partial charge on any atom is -0.275 e. The van der Waals surface area contributed by atoms with Crippen molar-refractivity contribution in [1.82, 2.24) is 9.78 Å². The predicted molar refractivity (Wildman–Crippen MR) is 57.5 cm³/mol. The minimum absolute atomic E-state index is 0.596. The summed E-state index contributed by atoms with van der Waals surface area (Å²) < 4.78 is 1.71. The van der Waals surface area contributed by atoms with E-state index in [0.29, 0.717) is 5.69 Å². The molecule has 0 fully saturated rings. The third-order valence-electron chi connectivity index (χ3n) is 2.05. The van der Waals surface area contributed by atoms with Crippen LogP contribution in [-0.2, 0) is 7.05 Å². The molecule has 0 aliphatic heterocycles. The highest BCUT2D eigenvalue weighted by molar-refractivity contribution is 5.72. The van der Waals surface area contributed by atoms with Gasteiger partial charge in [0.05, 0.1) is 5.69 Å². The van der Waals surface area contributed by atoms with Gasteiger partial charge in [-0.05, 0) is 11.6 Å². The van der Waals surface area contributed by atoms with Crippen molar-refractivity contribution < 1.29 is 0 Å². The standard InChI is InChI=1S/C10H9N5/c1-15-7-6-10(13-15)8-4-2-3-5-9(8)12-14-11/h2-7H,1H3. The Hall–Kier alpha value is -2.26. The molecule has 1 aromatic carbocycles. The lowest BCUT2D eigenvalue weighted by Crippen LogP contribution is -1.87.